The molecule has 2 heteroatoms. The molecule has 0 aromatic rings. The van der Waals surface area contributed by atoms with E-state index in [2.05, 4.69) is 6.92 Å². The first-order valence-electron chi connectivity index (χ1n) is 5.61. The van der Waals surface area contributed by atoms with Gasteiger partial charge in [0, 0.05) is 12.5 Å². The van der Waals surface area contributed by atoms with Crippen LogP contribution in [0.5, 0.6) is 0 Å². The number of rotatable bonds is 6. The highest BCUT2D eigenvalue weighted by Crippen LogP contribution is 2.33. The van der Waals surface area contributed by atoms with Crippen LogP contribution in [0.2, 0.25) is 0 Å². The predicted octanol–water partition coefficient (Wildman–Crippen LogP) is 2.46. The van der Waals surface area contributed by atoms with Crippen LogP contribution in [0.25, 0.3) is 0 Å². The molecule has 0 fully saturated rings. The molecule has 0 saturated heterocycles. The van der Waals surface area contributed by atoms with Crippen LogP contribution in [0.1, 0.15) is 45.4 Å². The number of allylic oxidation sites excluding steroid dienone is 1. The molecule has 1 aliphatic rings. The zero-order valence-corrected chi connectivity index (χ0v) is 8.96. The lowest BCUT2D eigenvalue weighted by molar-refractivity contribution is -0.105. The van der Waals surface area contributed by atoms with E-state index in [-0.39, 0.29) is 12.5 Å². The second-order valence-electron chi connectivity index (χ2n) is 4.04. The van der Waals surface area contributed by atoms with Crippen LogP contribution in [0.15, 0.2) is 11.1 Å². The molecule has 0 aromatic heterocycles. The number of aliphatic hydroxyl groups excluding tert-OH is 1. The van der Waals surface area contributed by atoms with E-state index in [9.17, 15) is 4.79 Å². The van der Waals surface area contributed by atoms with Crippen molar-refractivity contribution < 1.29 is 9.90 Å². The summed E-state index contributed by atoms with van der Waals surface area (Å²) in [6.07, 6.45) is 7.40. The summed E-state index contributed by atoms with van der Waals surface area (Å²) in [6, 6.07) is 0. The highest BCUT2D eigenvalue weighted by molar-refractivity contribution is 5.75. The molecular weight excluding hydrogens is 176 g/mol. The largest absolute Gasteiger partial charge is 0.396 e. The second-order valence-corrected chi connectivity index (χ2v) is 4.04. The Bertz CT molecular complexity index is 218. The lowest BCUT2D eigenvalue weighted by atomic mass is 9.96. The van der Waals surface area contributed by atoms with Crippen molar-refractivity contribution in [1.82, 2.24) is 0 Å². The Morgan fingerprint density at radius 2 is 2.29 bits per heavy atom. The lowest BCUT2D eigenvalue weighted by Crippen LogP contribution is -2.05. The van der Waals surface area contributed by atoms with Gasteiger partial charge in [0.15, 0.2) is 0 Å². The summed E-state index contributed by atoms with van der Waals surface area (Å²) in [5.41, 5.74) is 2.19. The van der Waals surface area contributed by atoms with E-state index >= 15 is 0 Å². The van der Waals surface area contributed by atoms with Gasteiger partial charge in [0.1, 0.15) is 6.29 Å². The average molecular weight is 196 g/mol. The van der Waals surface area contributed by atoms with Gasteiger partial charge in [-0.1, -0.05) is 25.3 Å². The molecule has 1 N–H and O–H groups in total. The average Bonchev–Trinajstić information content (AvgIpc) is 2.60. The molecule has 0 aliphatic heterocycles. The van der Waals surface area contributed by atoms with Crippen LogP contribution in [-0.2, 0) is 4.79 Å². The molecule has 0 aromatic carbocycles. The van der Waals surface area contributed by atoms with E-state index in [1.165, 1.54) is 18.4 Å². The normalized spacial score (nSPS) is 21.7. The van der Waals surface area contributed by atoms with Gasteiger partial charge in [0.25, 0.3) is 0 Å². The van der Waals surface area contributed by atoms with Crippen LogP contribution >= 0.6 is 0 Å². The number of aldehydes is 1. The molecule has 0 radical (unpaired) electrons. The van der Waals surface area contributed by atoms with Gasteiger partial charge < -0.3 is 5.11 Å². The zero-order chi connectivity index (χ0) is 10.4. The molecule has 1 atom stereocenters. The minimum absolute atomic E-state index is 0.207. The number of hydrogen-bond acceptors (Lipinski definition) is 2. The lowest BCUT2D eigenvalue weighted by Gasteiger charge is -2.11. The third-order valence-corrected chi connectivity index (χ3v) is 3.08. The molecule has 2 nitrogen and oxygen atoms in total. The van der Waals surface area contributed by atoms with Crippen molar-refractivity contribution in [3.8, 4) is 0 Å². The second kappa shape index (κ2) is 5.97. The van der Waals surface area contributed by atoms with Crippen molar-refractivity contribution in [3.05, 3.63) is 11.1 Å². The Balaban J connectivity index is 2.54. The van der Waals surface area contributed by atoms with Gasteiger partial charge in [0.05, 0.1) is 0 Å². The maximum atomic E-state index is 10.8. The number of carbonyl (C=O) groups excluding carboxylic acids is 1. The van der Waals surface area contributed by atoms with E-state index in [0.717, 1.165) is 37.5 Å². The topological polar surface area (TPSA) is 37.3 Å². The Labute approximate surface area is 86.0 Å². The summed E-state index contributed by atoms with van der Waals surface area (Å²) in [7, 11) is 0. The highest BCUT2D eigenvalue weighted by Gasteiger charge is 2.23. The molecule has 0 bridgehead atoms. The summed E-state index contributed by atoms with van der Waals surface area (Å²) in [5.74, 6) is 0.270. The zero-order valence-electron chi connectivity index (χ0n) is 8.96. The van der Waals surface area contributed by atoms with Gasteiger partial charge in [-0.25, -0.2) is 0 Å². The first-order valence-corrected chi connectivity index (χ1v) is 5.61. The molecule has 1 aliphatic carbocycles. The minimum atomic E-state index is 0.207. The molecule has 14 heavy (non-hydrogen) atoms. The molecule has 0 spiro atoms. The van der Waals surface area contributed by atoms with Gasteiger partial charge in [-0.2, -0.15) is 0 Å². The monoisotopic (exact) mass is 196 g/mol. The van der Waals surface area contributed by atoms with Gasteiger partial charge in [0.2, 0.25) is 0 Å². The van der Waals surface area contributed by atoms with Crippen molar-refractivity contribution >= 4 is 6.29 Å². The third kappa shape index (κ3) is 2.68. The van der Waals surface area contributed by atoms with Crippen LogP contribution < -0.4 is 0 Å². The standard InChI is InChI=1S/C12H20O2/c1-2-3-4-5-12-10(8-13)6-7-11(12)9-14/h8,11,14H,2-7,9H2,1H3. The van der Waals surface area contributed by atoms with Gasteiger partial charge in [-0.15, -0.1) is 0 Å². The molecule has 0 amide bonds. The van der Waals surface area contributed by atoms with E-state index in [4.69, 9.17) is 5.11 Å². The third-order valence-electron chi connectivity index (χ3n) is 3.08. The number of hydrogen-bond donors (Lipinski definition) is 1. The molecule has 80 valence electrons. The molecule has 1 unspecified atom stereocenters. The number of carbonyl (C=O) groups is 1. The van der Waals surface area contributed by atoms with Crippen molar-refractivity contribution in [2.45, 2.75) is 45.4 Å². The van der Waals surface area contributed by atoms with E-state index in [1.54, 1.807) is 0 Å². The summed E-state index contributed by atoms with van der Waals surface area (Å²) >= 11 is 0. The van der Waals surface area contributed by atoms with Crippen LogP contribution in [0, 0.1) is 5.92 Å². The highest BCUT2D eigenvalue weighted by atomic mass is 16.3. The van der Waals surface area contributed by atoms with E-state index in [1.807, 2.05) is 0 Å². The van der Waals surface area contributed by atoms with Gasteiger partial charge in [-0.05, 0) is 31.3 Å². The minimum Gasteiger partial charge on any atom is -0.396 e. The molecule has 1 rings (SSSR count). The summed E-state index contributed by atoms with van der Waals surface area (Å²) < 4.78 is 0. The fraction of sp³-hybridized carbons (Fsp3) is 0.750. The van der Waals surface area contributed by atoms with Gasteiger partial charge in [-0.3, -0.25) is 4.79 Å². The number of aliphatic hydroxyl groups is 1. The maximum absolute atomic E-state index is 10.8. The smallest absolute Gasteiger partial charge is 0.145 e. The Morgan fingerprint density at radius 3 is 2.86 bits per heavy atom. The molecule has 0 saturated carbocycles. The fourth-order valence-corrected chi connectivity index (χ4v) is 2.19. The number of unbranched alkanes of at least 4 members (excludes halogenated alkanes) is 2. The summed E-state index contributed by atoms with van der Waals surface area (Å²) in [5, 5.41) is 9.16. The van der Waals surface area contributed by atoms with E-state index < -0.39 is 0 Å². The molecule has 0 heterocycles. The van der Waals surface area contributed by atoms with Crippen LogP contribution in [-0.4, -0.2) is 18.0 Å². The quantitative estimate of drug-likeness (QED) is 0.523. The summed E-state index contributed by atoms with van der Waals surface area (Å²) in [6.45, 7) is 2.38. The SMILES string of the molecule is CCCCCC1=C(C=O)CCC1CO. The van der Waals surface area contributed by atoms with Crippen molar-refractivity contribution in [1.29, 1.82) is 0 Å². The first-order chi connectivity index (χ1) is 6.83. The predicted molar refractivity (Wildman–Crippen MR) is 57.0 cm³/mol. The Kier molecular flexibility index (Phi) is 4.88. The van der Waals surface area contributed by atoms with Crippen molar-refractivity contribution in [2.24, 2.45) is 5.92 Å². The van der Waals surface area contributed by atoms with Gasteiger partial charge >= 0.3 is 0 Å². The first kappa shape index (κ1) is 11.4. The van der Waals surface area contributed by atoms with Crippen LogP contribution in [0.4, 0.5) is 0 Å². The van der Waals surface area contributed by atoms with E-state index in [0.29, 0.717) is 0 Å². The maximum Gasteiger partial charge on any atom is 0.145 e. The van der Waals surface area contributed by atoms with Crippen molar-refractivity contribution in [3.63, 3.8) is 0 Å². The van der Waals surface area contributed by atoms with Crippen LogP contribution in [0.3, 0.4) is 0 Å². The Hall–Kier alpha value is -0.630. The summed E-state index contributed by atoms with van der Waals surface area (Å²) in [4.78, 5) is 10.8. The molecular formula is C12H20O2. The van der Waals surface area contributed by atoms with Crippen molar-refractivity contribution in [2.75, 3.05) is 6.61 Å². The Morgan fingerprint density at radius 1 is 1.50 bits per heavy atom. The fourth-order valence-electron chi connectivity index (χ4n) is 2.19.